The fourth-order valence-electron chi connectivity index (χ4n) is 3.05. The molecule has 0 unspecified atom stereocenters. The van der Waals surface area contributed by atoms with E-state index in [-0.39, 0.29) is 5.54 Å². The molecule has 2 N–H and O–H groups in total. The summed E-state index contributed by atoms with van der Waals surface area (Å²) in [7, 11) is 0. The summed E-state index contributed by atoms with van der Waals surface area (Å²) in [4.78, 5) is 11.1. The molecule has 0 saturated carbocycles. The number of hydrogen-bond donors (Lipinski definition) is 2. The minimum absolute atomic E-state index is 0.0286. The quantitative estimate of drug-likeness (QED) is 0.848. The van der Waals surface area contributed by atoms with Crippen LogP contribution in [0.1, 0.15) is 40.5 Å². The van der Waals surface area contributed by atoms with E-state index in [2.05, 4.69) is 77.5 Å². The zero-order valence-electron chi connectivity index (χ0n) is 15.7. The summed E-state index contributed by atoms with van der Waals surface area (Å²) in [5, 5.41) is 6.72. The van der Waals surface area contributed by atoms with Crippen molar-refractivity contribution in [2.45, 2.75) is 46.1 Å². The van der Waals surface area contributed by atoms with Crippen LogP contribution in [0.4, 0.5) is 23.0 Å². The highest BCUT2D eigenvalue weighted by Crippen LogP contribution is 2.25. The fraction of sp³-hybridized carbons (Fsp3) is 0.500. The first-order valence-corrected chi connectivity index (χ1v) is 9.11. The second kappa shape index (κ2) is 7.30. The first-order valence-electron chi connectivity index (χ1n) is 9.11. The van der Waals surface area contributed by atoms with Crippen molar-refractivity contribution in [1.82, 2.24) is 9.97 Å². The van der Waals surface area contributed by atoms with Gasteiger partial charge in [-0.2, -0.15) is 0 Å². The maximum atomic E-state index is 4.31. The third-order valence-corrected chi connectivity index (χ3v) is 4.46. The summed E-state index contributed by atoms with van der Waals surface area (Å²) in [6, 6.07) is 10.5. The van der Waals surface area contributed by atoms with Gasteiger partial charge >= 0.3 is 0 Å². The summed E-state index contributed by atoms with van der Waals surface area (Å²) in [6.45, 7) is 11.0. The van der Waals surface area contributed by atoms with E-state index in [1.807, 2.05) is 6.07 Å². The largest absolute Gasteiger partial charge is 0.372 e. The highest BCUT2D eigenvalue weighted by atomic mass is 15.1. The molecule has 1 aromatic heterocycles. The molecule has 1 aliphatic heterocycles. The van der Waals surface area contributed by atoms with Crippen molar-refractivity contribution < 1.29 is 0 Å². The number of nitrogens with zero attached hydrogens (tertiary/aromatic N) is 3. The van der Waals surface area contributed by atoms with Gasteiger partial charge in [0.2, 0.25) is 0 Å². The second-order valence-electron chi connectivity index (χ2n) is 8.00. The van der Waals surface area contributed by atoms with Crippen LogP contribution in [0.15, 0.2) is 36.7 Å². The fourth-order valence-corrected chi connectivity index (χ4v) is 3.05. The molecule has 0 amide bonds. The molecule has 5 heteroatoms. The van der Waals surface area contributed by atoms with Crippen LogP contribution in [0.3, 0.4) is 0 Å². The molecule has 0 bridgehead atoms. The van der Waals surface area contributed by atoms with Gasteiger partial charge < -0.3 is 15.5 Å². The lowest BCUT2D eigenvalue weighted by Crippen LogP contribution is -2.32. The van der Waals surface area contributed by atoms with E-state index in [1.54, 1.807) is 6.33 Å². The summed E-state index contributed by atoms with van der Waals surface area (Å²) >= 11 is 0. The SMILES string of the molecule is CC1CCN(c2ccc(Nc3cc(NC(C)(C)C)ncn3)cc2)CC1. The van der Waals surface area contributed by atoms with Gasteiger partial charge in [-0.15, -0.1) is 0 Å². The van der Waals surface area contributed by atoms with E-state index in [0.29, 0.717) is 0 Å². The van der Waals surface area contributed by atoms with Crippen molar-refractivity contribution in [2.24, 2.45) is 5.92 Å². The highest BCUT2D eigenvalue weighted by Gasteiger charge is 2.16. The molecule has 3 rings (SSSR count). The lowest BCUT2D eigenvalue weighted by molar-refractivity contribution is 0.438. The Balaban J connectivity index is 1.64. The van der Waals surface area contributed by atoms with Gasteiger partial charge in [-0.1, -0.05) is 6.92 Å². The Morgan fingerprint density at radius 2 is 1.64 bits per heavy atom. The minimum Gasteiger partial charge on any atom is -0.372 e. The molecule has 0 spiro atoms. The molecule has 0 atom stereocenters. The van der Waals surface area contributed by atoms with Crippen molar-refractivity contribution in [3.63, 3.8) is 0 Å². The molecule has 134 valence electrons. The van der Waals surface area contributed by atoms with E-state index < -0.39 is 0 Å². The van der Waals surface area contributed by atoms with E-state index in [9.17, 15) is 0 Å². The lowest BCUT2D eigenvalue weighted by atomic mass is 9.99. The Morgan fingerprint density at radius 3 is 2.28 bits per heavy atom. The molecule has 0 radical (unpaired) electrons. The summed E-state index contributed by atoms with van der Waals surface area (Å²) in [6.07, 6.45) is 4.15. The third kappa shape index (κ3) is 5.08. The average molecular weight is 339 g/mol. The van der Waals surface area contributed by atoms with Crippen LogP contribution in [0.2, 0.25) is 0 Å². The molecule has 1 aliphatic rings. The Morgan fingerprint density at radius 1 is 1.00 bits per heavy atom. The molecular weight excluding hydrogens is 310 g/mol. The van der Waals surface area contributed by atoms with Gasteiger partial charge in [0, 0.05) is 36.1 Å². The number of anilines is 4. The van der Waals surface area contributed by atoms with E-state index in [1.165, 1.54) is 18.5 Å². The highest BCUT2D eigenvalue weighted by molar-refractivity contribution is 5.62. The molecule has 5 nitrogen and oxygen atoms in total. The number of nitrogens with one attached hydrogen (secondary N) is 2. The second-order valence-corrected chi connectivity index (χ2v) is 8.00. The van der Waals surface area contributed by atoms with E-state index in [4.69, 9.17) is 0 Å². The van der Waals surface area contributed by atoms with Crippen molar-refractivity contribution in [3.05, 3.63) is 36.7 Å². The van der Waals surface area contributed by atoms with Crippen LogP contribution < -0.4 is 15.5 Å². The molecule has 2 heterocycles. The third-order valence-electron chi connectivity index (χ3n) is 4.46. The number of benzene rings is 1. The molecular formula is C20H29N5. The lowest BCUT2D eigenvalue weighted by Gasteiger charge is -2.32. The standard InChI is InChI=1S/C20H29N5/c1-15-9-11-25(12-10-15)17-7-5-16(6-8-17)23-18-13-19(22-14-21-18)24-20(2,3)4/h5-8,13-15H,9-12H2,1-4H3,(H2,21,22,23,24). The number of hydrogen-bond acceptors (Lipinski definition) is 5. The summed E-state index contributed by atoms with van der Waals surface area (Å²) < 4.78 is 0. The van der Waals surface area contributed by atoms with Gasteiger partial charge in [0.15, 0.2) is 0 Å². The van der Waals surface area contributed by atoms with Crippen LogP contribution in [0.5, 0.6) is 0 Å². The molecule has 0 aliphatic carbocycles. The predicted octanol–water partition coefficient (Wildman–Crippen LogP) is 4.67. The van der Waals surface area contributed by atoms with Crippen LogP contribution in [0, 0.1) is 5.92 Å². The minimum atomic E-state index is -0.0286. The Hall–Kier alpha value is -2.30. The molecule has 1 fully saturated rings. The van der Waals surface area contributed by atoms with Crippen LogP contribution in [0.25, 0.3) is 0 Å². The van der Waals surface area contributed by atoms with Gasteiger partial charge in [0.05, 0.1) is 0 Å². The average Bonchev–Trinajstić information content (AvgIpc) is 2.55. The van der Waals surface area contributed by atoms with Crippen LogP contribution in [-0.2, 0) is 0 Å². The molecule has 25 heavy (non-hydrogen) atoms. The zero-order chi connectivity index (χ0) is 17.9. The van der Waals surface area contributed by atoms with E-state index >= 15 is 0 Å². The smallest absolute Gasteiger partial charge is 0.135 e. The van der Waals surface area contributed by atoms with Gasteiger partial charge in [-0.25, -0.2) is 9.97 Å². The maximum absolute atomic E-state index is 4.31. The van der Waals surface area contributed by atoms with Crippen molar-refractivity contribution >= 4 is 23.0 Å². The number of aromatic nitrogens is 2. The van der Waals surface area contributed by atoms with Crippen molar-refractivity contribution in [3.8, 4) is 0 Å². The van der Waals surface area contributed by atoms with Crippen LogP contribution >= 0.6 is 0 Å². The Kier molecular flexibility index (Phi) is 5.11. The number of piperidine rings is 1. The summed E-state index contributed by atoms with van der Waals surface area (Å²) in [5.74, 6) is 2.47. The zero-order valence-corrected chi connectivity index (χ0v) is 15.7. The summed E-state index contributed by atoms with van der Waals surface area (Å²) in [5.41, 5.74) is 2.31. The van der Waals surface area contributed by atoms with Crippen LogP contribution in [-0.4, -0.2) is 28.6 Å². The normalized spacial score (nSPS) is 15.9. The predicted molar refractivity (Wildman–Crippen MR) is 106 cm³/mol. The molecule has 1 saturated heterocycles. The maximum Gasteiger partial charge on any atom is 0.135 e. The van der Waals surface area contributed by atoms with Gasteiger partial charge in [0.25, 0.3) is 0 Å². The van der Waals surface area contributed by atoms with E-state index in [0.717, 1.165) is 36.3 Å². The Labute approximate surface area is 150 Å². The monoisotopic (exact) mass is 339 g/mol. The number of rotatable bonds is 4. The first kappa shape index (κ1) is 17.5. The van der Waals surface area contributed by atoms with Crippen molar-refractivity contribution in [1.29, 1.82) is 0 Å². The molecule has 1 aromatic carbocycles. The van der Waals surface area contributed by atoms with Crippen molar-refractivity contribution in [2.75, 3.05) is 28.6 Å². The first-order chi connectivity index (χ1) is 11.9. The van der Waals surface area contributed by atoms with Gasteiger partial charge in [0.1, 0.15) is 18.0 Å². The topological polar surface area (TPSA) is 53.1 Å². The van der Waals surface area contributed by atoms with Gasteiger partial charge in [-0.05, 0) is 63.8 Å². The Bertz CT molecular complexity index is 682. The molecule has 2 aromatic rings. The van der Waals surface area contributed by atoms with Gasteiger partial charge in [-0.3, -0.25) is 0 Å².